The van der Waals surface area contributed by atoms with Gasteiger partial charge in [-0.1, -0.05) is 63.9 Å². The number of hydrogen-bond donors (Lipinski definition) is 2. The second kappa shape index (κ2) is 8.40. The van der Waals surface area contributed by atoms with E-state index < -0.39 is 5.54 Å². The Morgan fingerprint density at radius 3 is 2.20 bits per heavy atom. The summed E-state index contributed by atoms with van der Waals surface area (Å²) in [7, 11) is 0. The van der Waals surface area contributed by atoms with Gasteiger partial charge in [-0.3, -0.25) is 0 Å². The van der Waals surface area contributed by atoms with Crippen LogP contribution in [-0.4, -0.2) is 36.2 Å². The largest absolute Gasteiger partial charge is 0.394 e. The summed E-state index contributed by atoms with van der Waals surface area (Å²) in [5, 5.41) is 9.78. The van der Waals surface area contributed by atoms with Crippen LogP contribution in [0.5, 0.6) is 0 Å². The standard InChI is InChI=1S/C17H30N2O/c1-4-15(5-2)12-19(6-3)13-17(18,14-20)16-10-8-7-9-11-16/h7-11,15,20H,4-6,12-14,18H2,1-3H3. The second-order valence-electron chi connectivity index (χ2n) is 5.69. The number of rotatable bonds is 9. The zero-order valence-electron chi connectivity index (χ0n) is 13.2. The zero-order valence-corrected chi connectivity index (χ0v) is 13.2. The Bertz CT molecular complexity index is 365. The first-order valence-corrected chi connectivity index (χ1v) is 7.77. The van der Waals surface area contributed by atoms with Gasteiger partial charge in [0.05, 0.1) is 12.1 Å². The van der Waals surface area contributed by atoms with Gasteiger partial charge in [-0.05, 0) is 18.0 Å². The van der Waals surface area contributed by atoms with Crippen molar-refractivity contribution in [2.75, 3.05) is 26.2 Å². The van der Waals surface area contributed by atoms with Crippen molar-refractivity contribution >= 4 is 0 Å². The van der Waals surface area contributed by atoms with Crippen LogP contribution in [-0.2, 0) is 5.54 Å². The van der Waals surface area contributed by atoms with Crippen molar-refractivity contribution in [3.05, 3.63) is 35.9 Å². The van der Waals surface area contributed by atoms with Gasteiger partial charge in [-0.15, -0.1) is 0 Å². The molecule has 1 atom stereocenters. The fourth-order valence-corrected chi connectivity index (χ4v) is 2.62. The van der Waals surface area contributed by atoms with Crippen molar-refractivity contribution < 1.29 is 5.11 Å². The van der Waals surface area contributed by atoms with Crippen LogP contribution < -0.4 is 5.73 Å². The van der Waals surface area contributed by atoms with Crippen LogP contribution in [0, 0.1) is 5.92 Å². The Morgan fingerprint density at radius 2 is 1.75 bits per heavy atom. The fraction of sp³-hybridized carbons (Fsp3) is 0.647. The summed E-state index contributed by atoms with van der Waals surface area (Å²) in [4.78, 5) is 2.36. The molecule has 1 unspecified atom stereocenters. The van der Waals surface area contributed by atoms with Gasteiger partial charge in [0.2, 0.25) is 0 Å². The molecule has 0 aliphatic carbocycles. The van der Waals surface area contributed by atoms with E-state index in [9.17, 15) is 5.11 Å². The van der Waals surface area contributed by atoms with Gasteiger partial charge in [0, 0.05) is 13.1 Å². The fourth-order valence-electron chi connectivity index (χ4n) is 2.62. The first-order valence-electron chi connectivity index (χ1n) is 7.77. The van der Waals surface area contributed by atoms with Crippen LogP contribution in [0.3, 0.4) is 0 Å². The number of hydrogen-bond acceptors (Lipinski definition) is 3. The number of aliphatic hydroxyl groups excluding tert-OH is 1. The third-order valence-corrected chi connectivity index (χ3v) is 4.25. The molecule has 0 spiro atoms. The Kier molecular flexibility index (Phi) is 7.20. The van der Waals surface area contributed by atoms with E-state index in [2.05, 4.69) is 25.7 Å². The first kappa shape index (κ1) is 17.2. The molecule has 0 heterocycles. The normalized spacial score (nSPS) is 14.8. The maximum absolute atomic E-state index is 9.78. The first-order chi connectivity index (χ1) is 9.59. The summed E-state index contributed by atoms with van der Waals surface area (Å²) >= 11 is 0. The molecular weight excluding hydrogens is 248 g/mol. The SMILES string of the molecule is CCC(CC)CN(CC)CC(N)(CO)c1ccccc1. The molecule has 0 amide bonds. The van der Waals surface area contributed by atoms with E-state index in [-0.39, 0.29) is 6.61 Å². The zero-order chi connectivity index (χ0) is 15.0. The number of benzene rings is 1. The molecule has 0 bridgehead atoms. The minimum atomic E-state index is -0.677. The van der Waals surface area contributed by atoms with Crippen LogP contribution in [0.1, 0.15) is 39.2 Å². The predicted molar refractivity (Wildman–Crippen MR) is 85.6 cm³/mol. The van der Waals surface area contributed by atoms with Crippen LogP contribution in [0.2, 0.25) is 0 Å². The molecule has 0 saturated carbocycles. The smallest absolute Gasteiger partial charge is 0.0772 e. The van der Waals surface area contributed by atoms with E-state index in [1.54, 1.807) is 0 Å². The molecule has 0 fully saturated rings. The highest BCUT2D eigenvalue weighted by atomic mass is 16.3. The van der Waals surface area contributed by atoms with E-state index in [1.165, 1.54) is 12.8 Å². The Balaban J connectivity index is 2.79. The lowest BCUT2D eigenvalue weighted by Gasteiger charge is -2.35. The van der Waals surface area contributed by atoms with Gasteiger partial charge in [0.25, 0.3) is 0 Å². The maximum Gasteiger partial charge on any atom is 0.0772 e. The van der Waals surface area contributed by atoms with Crippen LogP contribution >= 0.6 is 0 Å². The molecule has 0 aliphatic heterocycles. The van der Waals surface area contributed by atoms with E-state index >= 15 is 0 Å². The molecule has 0 aromatic heterocycles. The maximum atomic E-state index is 9.78. The van der Waals surface area contributed by atoms with Crippen molar-refractivity contribution in [2.45, 2.75) is 39.2 Å². The van der Waals surface area contributed by atoms with Crippen LogP contribution in [0.4, 0.5) is 0 Å². The van der Waals surface area contributed by atoms with Crippen molar-refractivity contribution in [1.29, 1.82) is 0 Å². The van der Waals surface area contributed by atoms with Crippen LogP contribution in [0.25, 0.3) is 0 Å². The third-order valence-electron chi connectivity index (χ3n) is 4.25. The van der Waals surface area contributed by atoms with Gasteiger partial charge >= 0.3 is 0 Å². The molecule has 1 rings (SSSR count). The predicted octanol–water partition coefficient (Wildman–Crippen LogP) is 2.59. The summed E-state index contributed by atoms with van der Waals surface area (Å²) in [5.74, 6) is 0.702. The summed E-state index contributed by atoms with van der Waals surface area (Å²) in [6.45, 7) is 9.31. The summed E-state index contributed by atoms with van der Waals surface area (Å²) in [6.07, 6.45) is 2.38. The van der Waals surface area contributed by atoms with Crippen molar-refractivity contribution in [3.63, 3.8) is 0 Å². The lowest BCUT2D eigenvalue weighted by atomic mass is 9.90. The monoisotopic (exact) mass is 278 g/mol. The number of nitrogens with zero attached hydrogens (tertiary/aromatic N) is 1. The Hall–Kier alpha value is -0.900. The number of aliphatic hydroxyl groups is 1. The summed E-state index contributed by atoms with van der Waals surface area (Å²) in [5.41, 5.74) is 6.79. The molecule has 0 radical (unpaired) electrons. The second-order valence-corrected chi connectivity index (χ2v) is 5.69. The van der Waals surface area contributed by atoms with E-state index in [0.717, 1.165) is 18.7 Å². The van der Waals surface area contributed by atoms with Crippen molar-refractivity contribution in [1.82, 2.24) is 4.90 Å². The molecule has 3 heteroatoms. The highest BCUT2D eigenvalue weighted by Gasteiger charge is 2.29. The molecular formula is C17H30N2O. The Labute approximate surface area is 123 Å². The van der Waals surface area contributed by atoms with Crippen molar-refractivity contribution in [2.24, 2.45) is 11.7 Å². The van der Waals surface area contributed by atoms with Gasteiger partial charge in [0.1, 0.15) is 0 Å². The molecule has 114 valence electrons. The molecule has 20 heavy (non-hydrogen) atoms. The molecule has 0 saturated heterocycles. The minimum Gasteiger partial charge on any atom is -0.394 e. The third kappa shape index (κ3) is 4.58. The Morgan fingerprint density at radius 1 is 1.15 bits per heavy atom. The number of nitrogens with two attached hydrogens (primary N) is 1. The number of likely N-dealkylation sites (N-methyl/N-ethyl adjacent to an activating group) is 1. The topological polar surface area (TPSA) is 49.5 Å². The average Bonchev–Trinajstić information content (AvgIpc) is 2.52. The lowest BCUT2D eigenvalue weighted by Crippen LogP contribution is -2.51. The van der Waals surface area contributed by atoms with Gasteiger partial charge < -0.3 is 15.7 Å². The summed E-state index contributed by atoms with van der Waals surface area (Å²) < 4.78 is 0. The highest BCUT2D eigenvalue weighted by molar-refractivity contribution is 5.24. The highest BCUT2D eigenvalue weighted by Crippen LogP contribution is 2.20. The molecule has 3 N–H and O–H groups in total. The van der Waals surface area contributed by atoms with Gasteiger partial charge in [-0.25, -0.2) is 0 Å². The van der Waals surface area contributed by atoms with E-state index in [4.69, 9.17) is 5.73 Å². The lowest BCUT2D eigenvalue weighted by molar-refractivity contribution is 0.126. The van der Waals surface area contributed by atoms with Gasteiger partial charge in [0.15, 0.2) is 0 Å². The van der Waals surface area contributed by atoms with E-state index in [1.807, 2.05) is 30.3 Å². The van der Waals surface area contributed by atoms with Crippen LogP contribution in [0.15, 0.2) is 30.3 Å². The van der Waals surface area contributed by atoms with E-state index in [0.29, 0.717) is 12.5 Å². The molecule has 0 aliphatic rings. The molecule has 3 nitrogen and oxygen atoms in total. The quantitative estimate of drug-likeness (QED) is 0.730. The molecule has 1 aromatic rings. The van der Waals surface area contributed by atoms with Gasteiger partial charge in [-0.2, -0.15) is 0 Å². The average molecular weight is 278 g/mol. The molecule has 1 aromatic carbocycles. The van der Waals surface area contributed by atoms with Crippen molar-refractivity contribution in [3.8, 4) is 0 Å². The minimum absolute atomic E-state index is 0.0313. The summed E-state index contributed by atoms with van der Waals surface area (Å²) in [6, 6.07) is 9.93.